The lowest BCUT2D eigenvalue weighted by atomic mass is 10.0. The highest BCUT2D eigenvalue weighted by atomic mass is 19.4. The molecule has 0 bridgehead atoms. The zero-order chi connectivity index (χ0) is 21.5. The van der Waals surface area contributed by atoms with E-state index < -0.39 is 34.2 Å². The van der Waals surface area contributed by atoms with Crippen LogP contribution < -0.4 is 11.2 Å². The van der Waals surface area contributed by atoms with Gasteiger partial charge in [-0.2, -0.15) is 18.3 Å². The van der Waals surface area contributed by atoms with Gasteiger partial charge in [0.25, 0.3) is 0 Å². The van der Waals surface area contributed by atoms with Crippen molar-refractivity contribution in [2.75, 3.05) is 0 Å². The van der Waals surface area contributed by atoms with Crippen molar-refractivity contribution < 1.29 is 17.6 Å². The molecular formula is C20H13F3N4O3. The molecule has 0 fully saturated rings. The summed E-state index contributed by atoms with van der Waals surface area (Å²) in [4.78, 5) is 24.3. The fourth-order valence-electron chi connectivity index (χ4n) is 3.19. The molecule has 0 spiro atoms. The van der Waals surface area contributed by atoms with Crippen LogP contribution in [0.15, 0.2) is 69.2 Å². The molecule has 0 saturated heterocycles. The Morgan fingerprint density at radius 1 is 1.13 bits per heavy atom. The van der Waals surface area contributed by atoms with Crippen molar-refractivity contribution >= 4 is 16.7 Å². The van der Waals surface area contributed by atoms with Crippen LogP contribution in [0.2, 0.25) is 0 Å². The van der Waals surface area contributed by atoms with Gasteiger partial charge in [0, 0.05) is 18.3 Å². The van der Waals surface area contributed by atoms with Crippen LogP contribution in [0.25, 0.3) is 27.8 Å². The molecule has 0 amide bonds. The van der Waals surface area contributed by atoms with Gasteiger partial charge in [-0.3, -0.25) is 4.79 Å². The van der Waals surface area contributed by atoms with Gasteiger partial charge in [0.05, 0.1) is 22.8 Å². The lowest BCUT2D eigenvalue weighted by Crippen LogP contribution is -2.16. The minimum atomic E-state index is -5.00. The van der Waals surface area contributed by atoms with Crippen LogP contribution in [0.4, 0.5) is 18.9 Å². The minimum absolute atomic E-state index is 0.0784. The van der Waals surface area contributed by atoms with Gasteiger partial charge in [0.2, 0.25) is 11.2 Å². The number of fused-ring (bicyclic) bond motifs is 1. The molecule has 0 aliphatic carbocycles. The number of halogens is 3. The number of aromatic nitrogens is 2. The first kappa shape index (κ1) is 19.5. The standard InChI is InChI=1S/C20H13F3N4O3/c21-20(22,23)19-15(12-9-25-27(10-12)13-4-2-1-3-5-13)17(28)14-7-6-11(8-24)16(26-29)18(14)30-19/h1-7,9-10H,8,24H2. The number of hydrogen-bond donors (Lipinski definition) is 1. The molecule has 0 aliphatic heterocycles. The molecule has 2 N–H and O–H groups in total. The van der Waals surface area contributed by atoms with Gasteiger partial charge >= 0.3 is 6.18 Å². The number of nitroso groups, excluding NO2 is 1. The molecule has 2 heterocycles. The summed E-state index contributed by atoms with van der Waals surface area (Å²) < 4.78 is 47.8. The van der Waals surface area contributed by atoms with E-state index in [1.807, 2.05) is 0 Å². The SMILES string of the molecule is NCc1ccc2c(=O)c(-c3cnn(-c4ccccc4)c3)c(C(F)(F)F)oc2c1N=O. The molecule has 30 heavy (non-hydrogen) atoms. The van der Waals surface area contributed by atoms with Crippen LogP contribution in [-0.4, -0.2) is 9.78 Å². The van der Waals surface area contributed by atoms with Crippen LogP contribution in [0.5, 0.6) is 0 Å². The molecule has 152 valence electrons. The first-order valence-electron chi connectivity index (χ1n) is 8.69. The zero-order valence-electron chi connectivity index (χ0n) is 15.2. The maximum absolute atomic E-state index is 13.8. The zero-order valence-corrected chi connectivity index (χ0v) is 15.2. The highest BCUT2D eigenvalue weighted by molar-refractivity contribution is 5.91. The number of alkyl halides is 3. The second kappa shape index (κ2) is 7.23. The second-order valence-corrected chi connectivity index (χ2v) is 6.39. The molecule has 10 heteroatoms. The average Bonchev–Trinajstić information content (AvgIpc) is 3.22. The summed E-state index contributed by atoms with van der Waals surface area (Å²) in [5.74, 6) is -1.54. The van der Waals surface area contributed by atoms with Gasteiger partial charge in [0.15, 0.2) is 11.3 Å². The maximum atomic E-state index is 13.8. The van der Waals surface area contributed by atoms with Crippen molar-refractivity contribution in [3.05, 3.63) is 81.3 Å². The summed E-state index contributed by atoms with van der Waals surface area (Å²) in [7, 11) is 0. The molecule has 4 rings (SSSR count). The Balaban J connectivity index is 2.03. The first-order chi connectivity index (χ1) is 14.3. The van der Waals surface area contributed by atoms with Crippen molar-refractivity contribution in [2.24, 2.45) is 10.9 Å². The van der Waals surface area contributed by atoms with Crippen molar-refractivity contribution in [3.8, 4) is 16.8 Å². The third kappa shape index (κ3) is 3.16. The lowest BCUT2D eigenvalue weighted by Gasteiger charge is -2.13. The number of para-hydroxylation sites is 1. The monoisotopic (exact) mass is 414 g/mol. The average molecular weight is 414 g/mol. The van der Waals surface area contributed by atoms with Crippen molar-refractivity contribution in [1.29, 1.82) is 0 Å². The van der Waals surface area contributed by atoms with E-state index in [0.717, 1.165) is 6.20 Å². The van der Waals surface area contributed by atoms with E-state index in [0.29, 0.717) is 5.69 Å². The number of nitrogens with two attached hydrogens (primary N) is 1. The third-order valence-electron chi connectivity index (χ3n) is 4.58. The molecular weight excluding hydrogens is 401 g/mol. The van der Waals surface area contributed by atoms with E-state index in [1.165, 1.54) is 23.0 Å². The van der Waals surface area contributed by atoms with Gasteiger partial charge < -0.3 is 10.2 Å². The Labute approximate surface area is 166 Å². The van der Waals surface area contributed by atoms with Gasteiger partial charge in [-0.05, 0) is 28.9 Å². The summed E-state index contributed by atoms with van der Waals surface area (Å²) in [5, 5.41) is 6.57. The third-order valence-corrected chi connectivity index (χ3v) is 4.58. The van der Waals surface area contributed by atoms with E-state index in [9.17, 15) is 22.9 Å². The Morgan fingerprint density at radius 2 is 1.87 bits per heavy atom. The van der Waals surface area contributed by atoms with E-state index >= 15 is 0 Å². The van der Waals surface area contributed by atoms with Crippen LogP contribution in [-0.2, 0) is 12.7 Å². The van der Waals surface area contributed by atoms with Crippen molar-refractivity contribution in [2.45, 2.75) is 12.7 Å². The van der Waals surface area contributed by atoms with E-state index in [2.05, 4.69) is 10.3 Å². The number of hydrogen-bond acceptors (Lipinski definition) is 6. The summed E-state index contributed by atoms with van der Waals surface area (Å²) in [6, 6.07) is 11.3. The number of nitrogens with zero attached hydrogens (tertiary/aromatic N) is 3. The van der Waals surface area contributed by atoms with E-state index in [1.54, 1.807) is 30.3 Å². The summed E-state index contributed by atoms with van der Waals surface area (Å²) in [6.45, 7) is -0.159. The predicted molar refractivity (Wildman–Crippen MR) is 103 cm³/mol. The molecule has 0 saturated carbocycles. The van der Waals surface area contributed by atoms with E-state index in [-0.39, 0.29) is 23.1 Å². The highest BCUT2D eigenvalue weighted by Crippen LogP contribution is 2.40. The molecule has 2 aromatic carbocycles. The quantitative estimate of drug-likeness (QED) is 0.495. The molecule has 0 radical (unpaired) electrons. The highest BCUT2D eigenvalue weighted by Gasteiger charge is 2.40. The fourth-order valence-corrected chi connectivity index (χ4v) is 3.19. The van der Waals surface area contributed by atoms with Gasteiger partial charge in [-0.25, -0.2) is 4.68 Å². The van der Waals surface area contributed by atoms with Gasteiger partial charge in [0.1, 0.15) is 0 Å². The predicted octanol–water partition coefficient (Wildman–Crippen LogP) is 4.52. The fraction of sp³-hybridized carbons (Fsp3) is 0.100. The Bertz CT molecular complexity index is 1310. The minimum Gasteiger partial charge on any atom is -0.448 e. The normalized spacial score (nSPS) is 11.7. The molecule has 7 nitrogen and oxygen atoms in total. The Morgan fingerprint density at radius 3 is 2.50 bits per heavy atom. The van der Waals surface area contributed by atoms with Gasteiger partial charge in [-0.15, -0.1) is 4.91 Å². The smallest absolute Gasteiger partial charge is 0.448 e. The Kier molecular flexibility index (Phi) is 4.70. The number of benzene rings is 2. The van der Waals surface area contributed by atoms with Crippen LogP contribution in [0.1, 0.15) is 11.3 Å². The van der Waals surface area contributed by atoms with Crippen LogP contribution >= 0.6 is 0 Å². The molecule has 0 aliphatic rings. The summed E-state index contributed by atoms with van der Waals surface area (Å²) in [5.41, 5.74) is 3.56. The molecule has 0 unspecified atom stereocenters. The van der Waals surface area contributed by atoms with Crippen molar-refractivity contribution in [1.82, 2.24) is 9.78 Å². The first-order valence-corrected chi connectivity index (χ1v) is 8.69. The maximum Gasteiger partial charge on any atom is 0.450 e. The molecule has 2 aromatic heterocycles. The summed E-state index contributed by atoms with van der Waals surface area (Å²) in [6.07, 6.45) is -2.56. The topological polar surface area (TPSA) is 103 Å². The van der Waals surface area contributed by atoms with E-state index in [4.69, 9.17) is 10.2 Å². The molecule has 0 atom stereocenters. The van der Waals surface area contributed by atoms with Crippen LogP contribution in [0, 0.1) is 4.91 Å². The molecule has 4 aromatic rings. The second-order valence-electron chi connectivity index (χ2n) is 6.39. The lowest BCUT2D eigenvalue weighted by molar-refractivity contribution is -0.152. The van der Waals surface area contributed by atoms with Gasteiger partial charge in [-0.1, -0.05) is 24.3 Å². The summed E-state index contributed by atoms with van der Waals surface area (Å²) >= 11 is 0. The number of rotatable bonds is 4. The Hall–Kier alpha value is -3.79. The van der Waals surface area contributed by atoms with Crippen LogP contribution in [0.3, 0.4) is 0 Å². The van der Waals surface area contributed by atoms with Crippen molar-refractivity contribution in [3.63, 3.8) is 0 Å². The largest absolute Gasteiger partial charge is 0.450 e.